The molecule has 15 heavy (non-hydrogen) atoms. The lowest BCUT2D eigenvalue weighted by Crippen LogP contribution is -1.99. The average molecular weight is 222 g/mol. The molecule has 1 aromatic heterocycles. The molecule has 0 aliphatic carbocycles. The Bertz CT molecular complexity index is 531. The fraction of sp³-hybridized carbons (Fsp3) is 0.0909. The second kappa shape index (κ2) is 3.59. The van der Waals surface area contributed by atoms with E-state index in [9.17, 15) is 4.79 Å². The molecule has 4 heteroatoms. The molecule has 0 bridgehead atoms. The van der Waals surface area contributed by atoms with Gasteiger partial charge in [-0.15, -0.1) is 0 Å². The topological polar surface area (TPSA) is 31.2 Å². The zero-order chi connectivity index (χ0) is 11.0. The zero-order valence-electron chi connectivity index (χ0n) is 8.03. The molecule has 0 atom stereocenters. The summed E-state index contributed by atoms with van der Waals surface area (Å²) in [5.74, 6) is -0.425. The van der Waals surface area contributed by atoms with E-state index in [0.29, 0.717) is 16.0 Å². The minimum atomic E-state index is -0.425. The van der Waals surface area contributed by atoms with Crippen LogP contribution in [0.2, 0.25) is 5.02 Å². The zero-order valence-corrected chi connectivity index (χ0v) is 8.78. The molecule has 0 amide bonds. The fourth-order valence-electron chi connectivity index (χ4n) is 1.50. The van der Waals surface area contributed by atoms with Gasteiger partial charge >= 0.3 is 5.97 Å². The van der Waals surface area contributed by atoms with Crippen molar-refractivity contribution >= 4 is 28.5 Å². The number of esters is 1. The Kier molecular flexibility index (Phi) is 2.40. The van der Waals surface area contributed by atoms with E-state index in [2.05, 4.69) is 4.74 Å². The number of ether oxygens (including phenoxy) is 1. The van der Waals surface area contributed by atoms with E-state index in [4.69, 9.17) is 18.6 Å². The number of rotatable bonds is 1. The molecule has 0 saturated heterocycles. The number of halogens is 1. The van der Waals surface area contributed by atoms with Crippen molar-refractivity contribution in [1.29, 1.82) is 0 Å². The first kappa shape index (κ1) is 10.1. The third-order valence-corrected chi connectivity index (χ3v) is 2.44. The molecule has 1 heterocycles. The molecular weight excluding hydrogens is 214 g/mol. The fourth-order valence-corrected chi connectivity index (χ4v) is 1.67. The van der Waals surface area contributed by atoms with Gasteiger partial charge in [-0.05, 0) is 18.2 Å². The highest BCUT2D eigenvalue weighted by molar-refractivity contribution is 6.31. The quantitative estimate of drug-likeness (QED) is 0.693. The van der Waals surface area contributed by atoms with Crippen molar-refractivity contribution in [2.45, 2.75) is 0 Å². The molecule has 3 nitrogen and oxygen atoms in total. The maximum atomic E-state index is 11.4. The van der Waals surface area contributed by atoms with Crippen LogP contribution in [0, 0.1) is 7.05 Å². The number of hydrogen-bond donors (Lipinski definition) is 0. The number of aromatic nitrogens is 1. The van der Waals surface area contributed by atoms with Crippen LogP contribution < -0.4 is 0 Å². The van der Waals surface area contributed by atoms with Crippen molar-refractivity contribution in [1.82, 2.24) is 4.57 Å². The summed E-state index contributed by atoms with van der Waals surface area (Å²) in [7, 11) is 7.01. The molecule has 2 radical (unpaired) electrons. The van der Waals surface area contributed by atoms with Crippen molar-refractivity contribution in [3.63, 3.8) is 0 Å². The Labute approximate surface area is 92.2 Å². The predicted octanol–water partition coefficient (Wildman–Crippen LogP) is 2.60. The van der Waals surface area contributed by atoms with Gasteiger partial charge in [-0.3, -0.25) is 0 Å². The van der Waals surface area contributed by atoms with Crippen molar-refractivity contribution in [3.05, 3.63) is 42.0 Å². The molecular formula is C11H8ClNO2. The van der Waals surface area contributed by atoms with E-state index >= 15 is 0 Å². The van der Waals surface area contributed by atoms with Gasteiger partial charge in [0.2, 0.25) is 0 Å². The van der Waals surface area contributed by atoms with Crippen LogP contribution in [0.25, 0.3) is 10.9 Å². The van der Waals surface area contributed by atoms with Crippen LogP contribution in [0.3, 0.4) is 0 Å². The molecule has 0 unspecified atom stereocenters. The van der Waals surface area contributed by atoms with E-state index < -0.39 is 5.97 Å². The van der Waals surface area contributed by atoms with Crippen LogP contribution in [0.4, 0.5) is 0 Å². The minimum absolute atomic E-state index is 0.414. The van der Waals surface area contributed by atoms with Crippen LogP contribution >= 0.6 is 11.6 Å². The number of hydrogen-bond acceptors (Lipinski definition) is 2. The normalized spacial score (nSPS) is 10.6. The van der Waals surface area contributed by atoms with Crippen LogP contribution in [0.1, 0.15) is 10.4 Å². The molecule has 2 rings (SSSR count). The lowest BCUT2D eigenvalue weighted by Gasteiger charge is -1.97. The molecule has 0 saturated carbocycles. The molecule has 0 aliphatic rings. The van der Waals surface area contributed by atoms with Gasteiger partial charge in [-0.25, -0.2) is 4.79 Å². The van der Waals surface area contributed by atoms with Crippen molar-refractivity contribution in [3.8, 4) is 0 Å². The molecule has 0 N–H and O–H groups in total. The van der Waals surface area contributed by atoms with E-state index in [1.807, 2.05) is 0 Å². The van der Waals surface area contributed by atoms with E-state index in [1.54, 1.807) is 18.2 Å². The molecule has 0 aliphatic heterocycles. The smallest absolute Gasteiger partial charge is 0.340 e. The highest BCUT2D eigenvalue weighted by atomic mass is 35.5. The number of methoxy groups -OCH3 is 1. The van der Waals surface area contributed by atoms with Gasteiger partial charge in [0.1, 0.15) is 0 Å². The summed E-state index contributed by atoms with van der Waals surface area (Å²) < 4.78 is 6.02. The number of nitrogens with zero attached hydrogens (tertiary/aromatic N) is 1. The highest BCUT2D eigenvalue weighted by Crippen LogP contribution is 2.24. The first-order valence-corrected chi connectivity index (χ1v) is 4.65. The van der Waals surface area contributed by atoms with Crippen LogP contribution in [-0.2, 0) is 4.74 Å². The Morgan fingerprint density at radius 3 is 2.93 bits per heavy atom. The summed E-state index contributed by atoms with van der Waals surface area (Å²) in [6.45, 7) is 0. The lowest BCUT2D eigenvalue weighted by atomic mass is 10.2. The number of benzene rings is 1. The average Bonchev–Trinajstić information content (AvgIpc) is 2.54. The summed E-state index contributed by atoms with van der Waals surface area (Å²) in [6, 6.07) is 5.16. The maximum Gasteiger partial charge on any atom is 0.340 e. The summed E-state index contributed by atoms with van der Waals surface area (Å²) in [6.07, 6.45) is 1.52. The van der Waals surface area contributed by atoms with Gasteiger partial charge in [0, 0.05) is 22.1 Å². The molecule has 76 valence electrons. The van der Waals surface area contributed by atoms with Gasteiger partial charge in [0.25, 0.3) is 0 Å². The molecule has 2 aromatic rings. The second-order valence-corrected chi connectivity index (χ2v) is 3.54. The van der Waals surface area contributed by atoms with E-state index in [0.717, 1.165) is 5.52 Å². The third kappa shape index (κ3) is 1.59. The number of carbonyl (C=O) groups is 1. The predicted molar refractivity (Wildman–Crippen MR) is 58.0 cm³/mol. The largest absolute Gasteiger partial charge is 0.465 e. The summed E-state index contributed by atoms with van der Waals surface area (Å²) in [5, 5.41) is 1.25. The molecule has 0 spiro atoms. The molecule has 0 fully saturated rings. The van der Waals surface area contributed by atoms with Gasteiger partial charge < -0.3 is 9.30 Å². The Morgan fingerprint density at radius 1 is 1.53 bits per heavy atom. The van der Waals surface area contributed by atoms with Crippen LogP contribution in [0.15, 0.2) is 24.4 Å². The lowest BCUT2D eigenvalue weighted by molar-refractivity contribution is 0.0603. The van der Waals surface area contributed by atoms with Crippen molar-refractivity contribution < 1.29 is 9.53 Å². The third-order valence-electron chi connectivity index (χ3n) is 2.20. The van der Waals surface area contributed by atoms with Gasteiger partial charge in [0.05, 0.1) is 19.7 Å². The summed E-state index contributed by atoms with van der Waals surface area (Å²) >= 11 is 5.85. The van der Waals surface area contributed by atoms with Gasteiger partial charge in [-0.1, -0.05) is 11.6 Å². The maximum absolute atomic E-state index is 11.4. The van der Waals surface area contributed by atoms with Crippen molar-refractivity contribution in [2.75, 3.05) is 7.11 Å². The van der Waals surface area contributed by atoms with E-state index in [-0.39, 0.29) is 0 Å². The number of carbonyl (C=O) groups excluding carboxylic acids is 1. The Morgan fingerprint density at radius 2 is 2.27 bits per heavy atom. The Hall–Kier alpha value is -1.48. The standard InChI is InChI=1S/C11H8ClNO2/c1-13-6-9(11(14)15-2)8-5-7(12)3-4-10(8)13/h1,3-6H,2H3. The van der Waals surface area contributed by atoms with Crippen LogP contribution in [-0.4, -0.2) is 17.6 Å². The summed E-state index contributed by atoms with van der Waals surface area (Å²) in [5.41, 5.74) is 1.15. The second-order valence-electron chi connectivity index (χ2n) is 3.10. The SMILES string of the molecule is [CH]n1cc(C(=O)OC)c2cc(Cl)ccc21. The Balaban J connectivity index is 2.75. The van der Waals surface area contributed by atoms with Gasteiger partial charge in [0.15, 0.2) is 0 Å². The first-order chi connectivity index (χ1) is 7.13. The summed E-state index contributed by atoms with van der Waals surface area (Å²) in [4.78, 5) is 11.4. The number of fused-ring (bicyclic) bond motifs is 1. The minimum Gasteiger partial charge on any atom is -0.465 e. The molecule has 1 aromatic carbocycles. The van der Waals surface area contributed by atoms with Crippen LogP contribution in [0.5, 0.6) is 0 Å². The van der Waals surface area contributed by atoms with Gasteiger partial charge in [-0.2, -0.15) is 0 Å². The van der Waals surface area contributed by atoms with E-state index in [1.165, 1.54) is 17.9 Å². The monoisotopic (exact) mass is 221 g/mol. The first-order valence-electron chi connectivity index (χ1n) is 4.27. The van der Waals surface area contributed by atoms with Crippen molar-refractivity contribution in [2.24, 2.45) is 0 Å². The highest BCUT2D eigenvalue weighted by Gasteiger charge is 2.14.